The molecule has 23 heavy (non-hydrogen) atoms. The minimum atomic E-state index is 0.0596. The number of aryl methyl sites for hydroxylation is 3. The first-order valence-electron chi connectivity index (χ1n) is 8.19. The van der Waals surface area contributed by atoms with Gasteiger partial charge in [0.25, 0.3) is 0 Å². The second-order valence-electron chi connectivity index (χ2n) is 6.03. The summed E-state index contributed by atoms with van der Waals surface area (Å²) in [7, 11) is 0. The lowest BCUT2D eigenvalue weighted by molar-refractivity contribution is -0.116. The summed E-state index contributed by atoms with van der Waals surface area (Å²) in [6.45, 7) is 6.29. The molecule has 0 spiro atoms. The number of nitrogens with zero attached hydrogens (tertiary/aromatic N) is 2. The zero-order valence-electron chi connectivity index (χ0n) is 13.8. The van der Waals surface area contributed by atoms with E-state index in [0.717, 1.165) is 35.9 Å². The average Bonchev–Trinajstić information content (AvgIpc) is 3.16. The van der Waals surface area contributed by atoms with Gasteiger partial charge in [-0.3, -0.25) is 4.79 Å². The Kier molecular flexibility index (Phi) is 4.96. The molecular formula is C18H23N3OS. The van der Waals surface area contributed by atoms with Gasteiger partial charge < -0.3 is 10.2 Å². The highest BCUT2D eigenvalue weighted by molar-refractivity contribution is 7.11. The number of benzene rings is 1. The predicted octanol–water partition coefficient (Wildman–Crippen LogP) is 3.93. The van der Waals surface area contributed by atoms with Gasteiger partial charge >= 0.3 is 0 Å². The highest BCUT2D eigenvalue weighted by Gasteiger charge is 2.12. The fourth-order valence-corrected chi connectivity index (χ4v) is 3.92. The Morgan fingerprint density at radius 3 is 2.52 bits per heavy atom. The maximum Gasteiger partial charge on any atom is 0.224 e. The minimum Gasteiger partial charge on any atom is -0.372 e. The van der Waals surface area contributed by atoms with Crippen molar-refractivity contribution in [1.82, 2.24) is 4.98 Å². The number of anilines is 2. The fraction of sp³-hybridized carbons (Fsp3) is 0.444. The SMILES string of the molecule is Cc1nc(C)c(CCC(=O)Nc2ccc(N3CCCC3)cc2)s1. The van der Waals surface area contributed by atoms with Gasteiger partial charge in [0.2, 0.25) is 5.91 Å². The van der Waals surface area contributed by atoms with Gasteiger partial charge in [0, 0.05) is 35.8 Å². The first kappa shape index (κ1) is 16.0. The Labute approximate surface area is 141 Å². The number of aromatic nitrogens is 1. The predicted molar refractivity (Wildman–Crippen MR) is 96.4 cm³/mol. The summed E-state index contributed by atoms with van der Waals surface area (Å²) in [6.07, 6.45) is 3.80. The molecular weight excluding hydrogens is 306 g/mol. The van der Waals surface area contributed by atoms with Crippen LogP contribution in [-0.2, 0) is 11.2 Å². The molecule has 0 atom stereocenters. The molecule has 3 rings (SSSR count). The molecule has 2 heterocycles. The van der Waals surface area contributed by atoms with E-state index in [9.17, 15) is 4.79 Å². The summed E-state index contributed by atoms with van der Waals surface area (Å²) in [5.41, 5.74) is 3.17. The van der Waals surface area contributed by atoms with Gasteiger partial charge in [0.05, 0.1) is 10.7 Å². The van der Waals surface area contributed by atoms with Crippen LogP contribution < -0.4 is 10.2 Å². The number of hydrogen-bond acceptors (Lipinski definition) is 4. The van der Waals surface area contributed by atoms with Gasteiger partial charge in [-0.05, 0) is 57.4 Å². The normalized spacial score (nSPS) is 14.3. The average molecular weight is 329 g/mol. The fourth-order valence-electron chi connectivity index (χ4n) is 2.99. The van der Waals surface area contributed by atoms with Crippen LogP contribution >= 0.6 is 11.3 Å². The summed E-state index contributed by atoms with van der Waals surface area (Å²) < 4.78 is 0. The van der Waals surface area contributed by atoms with Gasteiger partial charge in [0.1, 0.15) is 0 Å². The molecule has 4 nitrogen and oxygen atoms in total. The van der Waals surface area contributed by atoms with Crippen molar-refractivity contribution in [3.63, 3.8) is 0 Å². The first-order chi connectivity index (χ1) is 11.1. The Bertz CT molecular complexity index is 672. The van der Waals surface area contributed by atoms with Gasteiger partial charge in [0.15, 0.2) is 0 Å². The Morgan fingerprint density at radius 2 is 1.91 bits per heavy atom. The van der Waals surface area contributed by atoms with Crippen LogP contribution in [0.1, 0.15) is 34.8 Å². The summed E-state index contributed by atoms with van der Waals surface area (Å²) in [5, 5.41) is 4.05. The molecule has 1 aliphatic heterocycles. The van der Waals surface area contributed by atoms with Gasteiger partial charge in [-0.2, -0.15) is 0 Å². The number of nitrogens with one attached hydrogen (secondary N) is 1. The highest BCUT2D eigenvalue weighted by Crippen LogP contribution is 2.22. The molecule has 1 saturated heterocycles. The van der Waals surface area contributed by atoms with Crippen LogP contribution in [0.4, 0.5) is 11.4 Å². The van der Waals surface area contributed by atoms with Crippen molar-refractivity contribution in [2.45, 2.75) is 39.5 Å². The number of hydrogen-bond donors (Lipinski definition) is 1. The van der Waals surface area contributed by atoms with Crippen LogP contribution in [-0.4, -0.2) is 24.0 Å². The van der Waals surface area contributed by atoms with Crippen molar-refractivity contribution in [2.24, 2.45) is 0 Å². The van der Waals surface area contributed by atoms with E-state index in [0.29, 0.717) is 6.42 Å². The standard InChI is InChI=1S/C18H23N3OS/c1-13-17(23-14(2)19-13)9-10-18(22)20-15-5-7-16(8-6-15)21-11-3-4-12-21/h5-8H,3-4,9-12H2,1-2H3,(H,20,22). The van der Waals surface area contributed by atoms with Crippen molar-refractivity contribution in [3.8, 4) is 0 Å². The summed E-state index contributed by atoms with van der Waals surface area (Å²) in [4.78, 5) is 20.1. The Morgan fingerprint density at radius 1 is 1.22 bits per heavy atom. The van der Waals surface area contributed by atoms with E-state index >= 15 is 0 Å². The summed E-state index contributed by atoms with van der Waals surface area (Å²) in [5.74, 6) is 0.0596. The second kappa shape index (κ2) is 7.13. The van der Waals surface area contributed by atoms with E-state index in [-0.39, 0.29) is 5.91 Å². The number of carbonyl (C=O) groups excluding carboxylic acids is 1. The Hall–Kier alpha value is -1.88. The third kappa shape index (κ3) is 4.10. The lowest BCUT2D eigenvalue weighted by Gasteiger charge is -2.17. The van der Waals surface area contributed by atoms with Crippen LogP contribution in [0.5, 0.6) is 0 Å². The van der Waals surface area contributed by atoms with Crippen molar-refractivity contribution < 1.29 is 4.79 Å². The number of thiazole rings is 1. The van der Waals surface area contributed by atoms with E-state index in [1.807, 2.05) is 26.0 Å². The van der Waals surface area contributed by atoms with Crippen LogP contribution in [0.2, 0.25) is 0 Å². The maximum atomic E-state index is 12.1. The maximum absolute atomic E-state index is 12.1. The van der Waals surface area contributed by atoms with E-state index in [4.69, 9.17) is 0 Å². The lowest BCUT2D eigenvalue weighted by atomic mass is 10.2. The molecule has 0 unspecified atom stereocenters. The number of rotatable bonds is 5. The van der Waals surface area contributed by atoms with Crippen molar-refractivity contribution >= 4 is 28.6 Å². The van der Waals surface area contributed by atoms with Crippen LogP contribution in [0.15, 0.2) is 24.3 Å². The molecule has 1 aliphatic rings. The second-order valence-corrected chi connectivity index (χ2v) is 7.32. The van der Waals surface area contributed by atoms with E-state index in [2.05, 4.69) is 27.3 Å². The Balaban J connectivity index is 1.52. The molecule has 1 amide bonds. The topological polar surface area (TPSA) is 45.2 Å². The molecule has 122 valence electrons. The minimum absolute atomic E-state index is 0.0596. The number of carbonyl (C=O) groups is 1. The van der Waals surface area contributed by atoms with Crippen LogP contribution in [0.3, 0.4) is 0 Å². The molecule has 0 saturated carbocycles. The first-order valence-corrected chi connectivity index (χ1v) is 9.01. The molecule has 0 radical (unpaired) electrons. The van der Waals surface area contributed by atoms with Crippen LogP contribution in [0.25, 0.3) is 0 Å². The zero-order valence-corrected chi connectivity index (χ0v) is 14.6. The van der Waals surface area contributed by atoms with Crippen LogP contribution in [0, 0.1) is 13.8 Å². The third-order valence-corrected chi connectivity index (χ3v) is 5.33. The summed E-state index contributed by atoms with van der Waals surface area (Å²) >= 11 is 1.68. The molecule has 0 aliphatic carbocycles. The largest absolute Gasteiger partial charge is 0.372 e. The van der Waals surface area contributed by atoms with Gasteiger partial charge in [-0.1, -0.05) is 0 Å². The molecule has 1 fully saturated rings. The molecule has 5 heteroatoms. The van der Waals surface area contributed by atoms with E-state index in [1.54, 1.807) is 11.3 Å². The van der Waals surface area contributed by atoms with Crippen molar-refractivity contribution in [2.75, 3.05) is 23.3 Å². The van der Waals surface area contributed by atoms with Crippen molar-refractivity contribution in [1.29, 1.82) is 0 Å². The lowest BCUT2D eigenvalue weighted by Crippen LogP contribution is -2.17. The smallest absolute Gasteiger partial charge is 0.224 e. The van der Waals surface area contributed by atoms with Gasteiger partial charge in [-0.15, -0.1) is 11.3 Å². The van der Waals surface area contributed by atoms with E-state index in [1.165, 1.54) is 23.4 Å². The highest BCUT2D eigenvalue weighted by atomic mass is 32.1. The molecule has 1 N–H and O–H groups in total. The van der Waals surface area contributed by atoms with Gasteiger partial charge in [-0.25, -0.2) is 4.98 Å². The number of amides is 1. The third-order valence-electron chi connectivity index (χ3n) is 4.20. The monoisotopic (exact) mass is 329 g/mol. The molecule has 1 aromatic heterocycles. The molecule has 2 aromatic rings. The summed E-state index contributed by atoms with van der Waals surface area (Å²) in [6, 6.07) is 8.18. The van der Waals surface area contributed by atoms with Crippen molar-refractivity contribution in [3.05, 3.63) is 39.8 Å². The quantitative estimate of drug-likeness (QED) is 0.904. The molecule has 0 bridgehead atoms. The molecule has 1 aromatic carbocycles. The zero-order chi connectivity index (χ0) is 16.2. The van der Waals surface area contributed by atoms with E-state index < -0.39 is 0 Å².